The minimum Gasteiger partial charge on any atom is -0.274 e. The third kappa shape index (κ3) is 2.25. The Morgan fingerprint density at radius 1 is 1.30 bits per heavy atom. The first kappa shape index (κ1) is 13.0. The number of imide groups is 1. The summed E-state index contributed by atoms with van der Waals surface area (Å²) in [4.78, 5) is 29.9. The van der Waals surface area contributed by atoms with Gasteiger partial charge in [-0.1, -0.05) is 24.3 Å². The number of hydrogen-bond donors (Lipinski definition) is 0. The summed E-state index contributed by atoms with van der Waals surface area (Å²) in [5, 5.41) is 0.886. The molecule has 1 aliphatic heterocycles. The first-order valence-corrected chi connectivity index (χ1v) is 7.03. The van der Waals surface area contributed by atoms with E-state index in [9.17, 15) is 9.59 Å². The summed E-state index contributed by atoms with van der Waals surface area (Å²) in [6.07, 6.45) is 3.97. The number of pyridine rings is 1. The monoisotopic (exact) mass is 330 g/mol. The Hall–Kier alpha value is -2.01. The number of para-hydroxylation sites is 1. The maximum absolute atomic E-state index is 12.4. The van der Waals surface area contributed by atoms with Crippen molar-refractivity contribution in [3.8, 4) is 0 Å². The summed E-state index contributed by atoms with van der Waals surface area (Å²) in [6, 6.07) is 9.34. The fourth-order valence-electron chi connectivity index (χ4n) is 2.18. The molecule has 2 heterocycles. The molecule has 0 aliphatic carbocycles. The van der Waals surface area contributed by atoms with Crippen molar-refractivity contribution < 1.29 is 9.59 Å². The van der Waals surface area contributed by atoms with E-state index >= 15 is 0 Å². The number of carbonyl (C=O) groups excluding carboxylic acids is 2. The molecule has 1 aromatic heterocycles. The van der Waals surface area contributed by atoms with Gasteiger partial charge < -0.3 is 0 Å². The zero-order chi connectivity index (χ0) is 14.1. The van der Waals surface area contributed by atoms with Gasteiger partial charge in [0, 0.05) is 18.1 Å². The molecule has 0 spiro atoms. The number of carbonyl (C=O) groups is 2. The van der Waals surface area contributed by atoms with E-state index in [0.29, 0.717) is 23.0 Å². The molecule has 0 fully saturated rings. The molecule has 1 aliphatic rings. The number of hydrogen-bond acceptors (Lipinski definition) is 3. The Bertz CT molecular complexity index is 739. The Balaban J connectivity index is 1.96. The first-order valence-electron chi connectivity index (χ1n) is 6.23. The van der Waals surface area contributed by atoms with E-state index in [1.807, 2.05) is 24.3 Å². The third-order valence-corrected chi connectivity index (χ3v) is 3.87. The molecule has 2 aromatic rings. The predicted octanol–water partition coefficient (Wildman–Crippen LogP) is 2.89. The van der Waals surface area contributed by atoms with Crippen molar-refractivity contribution in [3.63, 3.8) is 0 Å². The normalized spacial score (nSPS) is 15.3. The van der Waals surface area contributed by atoms with Crippen LogP contribution in [0.5, 0.6) is 0 Å². The Morgan fingerprint density at radius 2 is 2.10 bits per heavy atom. The molecule has 3 rings (SSSR count). The highest BCUT2D eigenvalue weighted by Gasteiger charge is 2.27. The summed E-state index contributed by atoms with van der Waals surface area (Å²) in [5.41, 5.74) is 1.26. The fourth-order valence-corrected chi connectivity index (χ4v) is 2.62. The smallest absolute Gasteiger partial charge is 0.267 e. The highest BCUT2D eigenvalue weighted by Crippen LogP contribution is 2.20. The number of fused-ring (bicyclic) bond motifs is 1. The van der Waals surface area contributed by atoms with Crippen LogP contribution in [0.15, 0.2) is 47.1 Å². The fraction of sp³-hybridized carbons (Fsp3) is 0.133. The molecule has 0 saturated carbocycles. The average molecular weight is 331 g/mol. The highest BCUT2D eigenvalue weighted by molar-refractivity contribution is 9.12. The van der Waals surface area contributed by atoms with E-state index < -0.39 is 0 Å². The lowest BCUT2D eigenvalue weighted by atomic mass is 10.1. The summed E-state index contributed by atoms with van der Waals surface area (Å²) >= 11 is 3.18. The molecule has 0 saturated heterocycles. The second kappa shape index (κ2) is 5.17. The van der Waals surface area contributed by atoms with Gasteiger partial charge in [0.2, 0.25) is 0 Å². The third-order valence-electron chi connectivity index (χ3n) is 3.21. The summed E-state index contributed by atoms with van der Waals surface area (Å²) in [5.74, 6) is -0.604. The average Bonchev–Trinajstić information content (AvgIpc) is 2.49. The predicted molar refractivity (Wildman–Crippen MR) is 79.4 cm³/mol. The maximum atomic E-state index is 12.4. The second-order valence-corrected chi connectivity index (χ2v) is 5.37. The van der Waals surface area contributed by atoms with Crippen molar-refractivity contribution >= 4 is 38.6 Å². The second-order valence-electron chi connectivity index (χ2n) is 4.52. The summed E-state index contributed by atoms with van der Waals surface area (Å²) < 4.78 is 0.436. The van der Waals surface area contributed by atoms with Gasteiger partial charge in [-0.05, 0) is 34.5 Å². The Morgan fingerprint density at radius 3 is 2.95 bits per heavy atom. The number of nitrogens with zero attached hydrogens (tertiary/aromatic N) is 2. The summed E-state index contributed by atoms with van der Waals surface area (Å²) in [7, 11) is 0. The van der Waals surface area contributed by atoms with Crippen molar-refractivity contribution in [2.75, 3.05) is 6.54 Å². The molecule has 0 N–H and O–H groups in total. The van der Waals surface area contributed by atoms with Crippen LogP contribution >= 0.6 is 15.9 Å². The van der Waals surface area contributed by atoms with Gasteiger partial charge in [-0.3, -0.25) is 19.5 Å². The van der Waals surface area contributed by atoms with Crippen LogP contribution in [0.2, 0.25) is 0 Å². The molecular weight excluding hydrogens is 320 g/mol. The number of benzene rings is 1. The number of amides is 2. The van der Waals surface area contributed by atoms with E-state index in [-0.39, 0.29) is 11.8 Å². The maximum Gasteiger partial charge on any atom is 0.267 e. The lowest BCUT2D eigenvalue weighted by Crippen LogP contribution is -2.39. The molecule has 2 amide bonds. The minimum atomic E-state index is -0.307. The van der Waals surface area contributed by atoms with Crippen LogP contribution in [0.4, 0.5) is 0 Å². The molecule has 100 valence electrons. The zero-order valence-corrected chi connectivity index (χ0v) is 12.1. The SMILES string of the molecule is O=C1C(Br)=CCCN1C(=O)c1cnc2ccccc2c1. The van der Waals surface area contributed by atoms with E-state index in [0.717, 1.165) is 10.9 Å². The van der Waals surface area contributed by atoms with E-state index in [4.69, 9.17) is 0 Å². The van der Waals surface area contributed by atoms with Crippen LogP contribution in [0.3, 0.4) is 0 Å². The summed E-state index contributed by atoms with van der Waals surface area (Å²) in [6.45, 7) is 0.402. The largest absolute Gasteiger partial charge is 0.274 e. The highest BCUT2D eigenvalue weighted by atomic mass is 79.9. The molecule has 0 bridgehead atoms. The van der Waals surface area contributed by atoms with Crippen molar-refractivity contribution in [2.24, 2.45) is 0 Å². The van der Waals surface area contributed by atoms with E-state index in [1.165, 1.54) is 11.1 Å². The topological polar surface area (TPSA) is 50.3 Å². The van der Waals surface area contributed by atoms with Crippen LogP contribution < -0.4 is 0 Å². The van der Waals surface area contributed by atoms with Crippen molar-refractivity contribution in [3.05, 3.63) is 52.7 Å². The minimum absolute atomic E-state index is 0.297. The van der Waals surface area contributed by atoms with Crippen molar-refractivity contribution in [1.29, 1.82) is 0 Å². The molecule has 0 atom stereocenters. The van der Waals surface area contributed by atoms with Crippen LogP contribution in [0.25, 0.3) is 10.9 Å². The molecule has 4 nitrogen and oxygen atoms in total. The molecular formula is C15H11BrN2O2. The Kier molecular flexibility index (Phi) is 3.36. The number of aromatic nitrogens is 1. The lowest BCUT2D eigenvalue weighted by molar-refractivity contribution is -0.124. The van der Waals surface area contributed by atoms with Crippen LogP contribution in [-0.2, 0) is 4.79 Å². The van der Waals surface area contributed by atoms with E-state index in [2.05, 4.69) is 20.9 Å². The van der Waals surface area contributed by atoms with Gasteiger partial charge in [0.1, 0.15) is 0 Å². The zero-order valence-electron chi connectivity index (χ0n) is 10.5. The molecule has 0 radical (unpaired) electrons. The number of halogens is 1. The standard InChI is InChI=1S/C15H11BrN2O2/c16-12-5-3-7-18(15(12)20)14(19)11-8-10-4-1-2-6-13(10)17-9-11/h1-2,4-6,8-9H,3,7H2. The molecule has 20 heavy (non-hydrogen) atoms. The lowest BCUT2D eigenvalue weighted by Gasteiger charge is -2.23. The first-order chi connectivity index (χ1) is 9.66. The van der Waals surface area contributed by atoms with Crippen LogP contribution in [0, 0.1) is 0 Å². The number of rotatable bonds is 1. The van der Waals surface area contributed by atoms with Crippen LogP contribution in [-0.4, -0.2) is 28.2 Å². The molecule has 5 heteroatoms. The van der Waals surface area contributed by atoms with E-state index in [1.54, 1.807) is 12.1 Å². The van der Waals surface area contributed by atoms with Crippen LogP contribution in [0.1, 0.15) is 16.8 Å². The molecule has 0 unspecified atom stereocenters. The van der Waals surface area contributed by atoms with Crippen molar-refractivity contribution in [1.82, 2.24) is 9.88 Å². The Labute approximate surface area is 124 Å². The van der Waals surface area contributed by atoms with Gasteiger partial charge >= 0.3 is 0 Å². The van der Waals surface area contributed by atoms with Gasteiger partial charge in [0.05, 0.1) is 15.6 Å². The molecule has 1 aromatic carbocycles. The van der Waals surface area contributed by atoms with Gasteiger partial charge in [-0.25, -0.2) is 0 Å². The quantitative estimate of drug-likeness (QED) is 0.755. The van der Waals surface area contributed by atoms with Gasteiger partial charge in [0.25, 0.3) is 11.8 Å². The van der Waals surface area contributed by atoms with Crippen molar-refractivity contribution in [2.45, 2.75) is 6.42 Å². The van der Waals surface area contributed by atoms with Gasteiger partial charge in [-0.2, -0.15) is 0 Å². The van der Waals surface area contributed by atoms with Gasteiger partial charge in [0.15, 0.2) is 0 Å². The van der Waals surface area contributed by atoms with Gasteiger partial charge in [-0.15, -0.1) is 0 Å².